The van der Waals surface area contributed by atoms with Gasteiger partial charge in [-0.15, -0.1) is 11.3 Å². The van der Waals surface area contributed by atoms with Gasteiger partial charge in [0.25, 0.3) is 0 Å². The van der Waals surface area contributed by atoms with Gasteiger partial charge in [0.1, 0.15) is 22.3 Å². The zero-order valence-corrected chi connectivity index (χ0v) is 37.3. The van der Waals surface area contributed by atoms with Crippen LogP contribution in [-0.2, 0) is 6.42 Å². The van der Waals surface area contributed by atoms with Gasteiger partial charge in [0.05, 0.1) is 5.56 Å². The SMILES string of the molecule is c1ccc2cc3c(cc2c1)CCC(c1ccc(-c2nc(-c4cccc5c4oc4ccccc45)nc(-c4cccc5c4sc4ccccc45)n2)c2c1oc1ccccc12)c1ccc2ccccc2c1-3. The van der Waals surface area contributed by atoms with E-state index in [1.54, 1.807) is 11.3 Å². The number of furan rings is 2. The molecule has 0 radical (unpaired) electrons. The summed E-state index contributed by atoms with van der Waals surface area (Å²) in [7, 11) is 0. The van der Waals surface area contributed by atoms with Crippen LogP contribution in [0.15, 0.2) is 203 Å². The average Bonchev–Trinajstić information content (AvgIpc) is 4.07. The number of hydrogen-bond donors (Lipinski definition) is 0. The van der Waals surface area contributed by atoms with E-state index in [0.717, 1.165) is 83.7 Å². The molecule has 0 saturated carbocycles. The molecule has 1 aliphatic rings. The van der Waals surface area contributed by atoms with Gasteiger partial charge in [0, 0.05) is 64.3 Å². The fourth-order valence-electron chi connectivity index (χ4n) is 11.3. The first-order chi connectivity index (χ1) is 33.7. The van der Waals surface area contributed by atoms with Crippen molar-refractivity contribution < 1.29 is 8.83 Å². The van der Waals surface area contributed by atoms with Crippen molar-refractivity contribution in [2.75, 3.05) is 0 Å². The monoisotopic (exact) mass is 887 g/mol. The van der Waals surface area contributed by atoms with Crippen molar-refractivity contribution in [3.63, 3.8) is 0 Å². The number of thiophene rings is 1. The number of hydrogen-bond acceptors (Lipinski definition) is 6. The van der Waals surface area contributed by atoms with Gasteiger partial charge in [-0.3, -0.25) is 0 Å². The van der Waals surface area contributed by atoms with Crippen LogP contribution in [0.1, 0.15) is 29.0 Å². The number of nitrogens with zero attached hydrogens (tertiary/aromatic N) is 3. The van der Waals surface area contributed by atoms with Crippen LogP contribution in [0.3, 0.4) is 0 Å². The second kappa shape index (κ2) is 14.5. The minimum absolute atomic E-state index is 0.0444. The summed E-state index contributed by atoms with van der Waals surface area (Å²) in [6, 6.07) is 69.5. The number of fused-ring (bicyclic) bond motifs is 15. The van der Waals surface area contributed by atoms with Crippen molar-refractivity contribution in [1.82, 2.24) is 15.0 Å². The molecular weight excluding hydrogens is 851 g/mol. The Kier molecular flexibility index (Phi) is 8.06. The van der Waals surface area contributed by atoms with E-state index < -0.39 is 0 Å². The highest BCUT2D eigenvalue weighted by atomic mass is 32.1. The lowest BCUT2D eigenvalue weighted by Crippen LogP contribution is -2.04. The molecule has 4 aromatic heterocycles. The second-order valence-corrected chi connectivity index (χ2v) is 19.1. The molecule has 4 heterocycles. The van der Waals surface area contributed by atoms with Crippen LogP contribution in [0.4, 0.5) is 0 Å². The molecule has 10 aromatic carbocycles. The molecule has 0 bridgehead atoms. The first-order valence-corrected chi connectivity index (χ1v) is 24.1. The third-order valence-corrected chi connectivity index (χ3v) is 15.6. The summed E-state index contributed by atoms with van der Waals surface area (Å²) in [4.78, 5) is 16.3. The maximum absolute atomic E-state index is 7.11. The number of aryl methyl sites for hydroxylation is 1. The Morgan fingerprint density at radius 3 is 1.85 bits per heavy atom. The summed E-state index contributed by atoms with van der Waals surface area (Å²) in [6.07, 6.45) is 1.84. The molecule has 68 heavy (non-hydrogen) atoms. The quantitative estimate of drug-likeness (QED) is 0.176. The molecule has 6 heteroatoms. The third-order valence-electron chi connectivity index (χ3n) is 14.4. The predicted molar refractivity (Wildman–Crippen MR) is 281 cm³/mol. The van der Waals surface area contributed by atoms with Gasteiger partial charge in [0.2, 0.25) is 0 Å². The van der Waals surface area contributed by atoms with Crippen LogP contribution < -0.4 is 0 Å². The topological polar surface area (TPSA) is 65.0 Å². The highest BCUT2D eigenvalue weighted by Gasteiger charge is 2.30. The molecule has 0 spiro atoms. The summed E-state index contributed by atoms with van der Waals surface area (Å²) < 4.78 is 16.1. The Bertz CT molecular complexity index is 4290. The number of benzene rings is 10. The standard InChI is InChI=1S/C62H37N3O2S/c1-2-15-37-34-51-38(33-36(37)14-1)28-29-40(43-30-27-35-13-3-4-16-39(35)55(43)51)45-31-32-48(56-47-19-6-9-25-53(47)67-58(45)56)60-63-61(49-22-11-20-44-41-17-5-8-24-52(41)66-57(44)49)65-62(64-60)50-23-12-21-46-42-18-7-10-26-54(42)68-59(46)50/h1-27,30-34,40H,28-29H2. The Morgan fingerprint density at radius 1 is 0.412 bits per heavy atom. The van der Waals surface area contributed by atoms with Crippen LogP contribution >= 0.6 is 11.3 Å². The van der Waals surface area contributed by atoms with Gasteiger partial charge in [-0.2, -0.15) is 0 Å². The zero-order chi connectivity index (χ0) is 44.5. The number of aromatic nitrogens is 3. The van der Waals surface area contributed by atoms with Crippen molar-refractivity contribution >= 4 is 96.9 Å². The van der Waals surface area contributed by atoms with E-state index in [9.17, 15) is 0 Å². The molecule has 1 atom stereocenters. The smallest absolute Gasteiger partial charge is 0.167 e. The highest BCUT2D eigenvalue weighted by molar-refractivity contribution is 7.26. The van der Waals surface area contributed by atoms with Gasteiger partial charge in [-0.25, -0.2) is 15.0 Å². The lowest BCUT2D eigenvalue weighted by atomic mass is 9.82. The fraction of sp³-hybridized carbons (Fsp3) is 0.0484. The number of rotatable bonds is 4. The molecule has 1 aliphatic carbocycles. The van der Waals surface area contributed by atoms with E-state index in [4.69, 9.17) is 23.8 Å². The van der Waals surface area contributed by atoms with E-state index in [0.29, 0.717) is 17.5 Å². The van der Waals surface area contributed by atoms with Crippen LogP contribution in [0.25, 0.3) is 131 Å². The summed E-state index contributed by atoms with van der Waals surface area (Å²) in [5.41, 5.74) is 12.4. The van der Waals surface area contributed by atoms with E-state index in [1.165, 1.54) is 59.3 Å². The molecule has 0 saturated heterocycles. The van der Waals surface area contributed by atoms with Crippen LogP contribution in [-0.4, -0.2) is 15.0 Å². The van der Waals surface area contributed by atoms with E-state index in [2.05, 4.69) is 182 Å². The predicted octanol–water partition coefficient (Wildman–Crippen LogP) is 17.1. The van der Waals surface area contributed by atoms with Crippen LogP contribution in [0.2, 0.25) is 0 Å². The molecule has 1 unspecified atom stereocenters. The largest absolute Gasteiger partial charge is 0.456 e. The Hall–Kier alpha value is -8.45. The minimum atomic E-state index is 0.0444. The normalized spacial score (nSPS) is 13.9. The maximum Gasteiger partial charge on any atom is 0.167 e. The van der Waals surface area contributed by atoms with Gasteiger partial charge >= 0.3 is 0 Å². The fourth-order valence-corrected chi connectivity index (χ4v) is 12.5. The Morgan fingerprint density at radius 2 is 1.01 bits per heavy atom. The van der Waals surface area contributed by atoms with E-state index >= 15 is 0 Å². The van der Waals surface area contributed by atoms with Gasteiger partial charge in [0.15, 0.2) is 17.5 Å². The second-order valence-electron chi connectivity index (χ2n) is 18.1. The molecule has 0 fully saturated rings. The molecule has 5 nitrogen and oxygen atoms in total. The molecule has 318 valence electrons. The molecule has 0 aliphatic heterocycles. The lowest BCUT2D eigenvalue weighted by Gasteiger charge is -2.21. The van der Waals surface area contributed by atoms with E-state index in [-0.39, 0.29) is 5.92 Å². The van der Waals surface area contributed by atoms with Crippen molar-refractivity contribution in [1.29, 1.82) is 0 Å². The van der Waals surface area contributed by atoms with Gasteiger partial charge in [-0.1, -0.05) is 152 Å². The van der Waals surface area contributed by atoms with Crippen LogP contribution in [0, 0.1) is 0 Å². The summed E-state index contributed by atoms with van der Waals surface area (Å²) in [5.74, 6) is 1.77. The first-order valence-electron chi connectivity index (χ1n) is 23.3. The van der Waals surface area contributed by atoms with Crippen LogP contribution in [0.5, 0.6) is 0 Å². The molecule has 0 amide bonds. The Balaban J connectivity index is 0.989. The van der Waals surface area contributed by atoms with E-state index in [1.807, 2.05) is 12.1 Å². The lowest BCUT2D eigenvalue weighted by molar-refractivity contribution is 0.647. The average molecular weight is 888 g/mol. The van der Waals surface area contributed by atoms with Gasteiger partial charge < -0.3 is 8.83 Å². The summed E-state index contributed by atoms with van der Waals surface area (Å²) >= 11 is 1.77. The molecule has 0 N–H and O–H groups in total. The molecule has 15 rings (SSSR count). The number of para-hydroxylation sites is 3. The van der Waals surface area contributed by atoms with Gasteiger partial charge in [-0.05, 0) is 99.1 Å². The summed E-state index contributed by atoms with van der Waals surface area (Å²) in [5, 5.41) is 11.5. The van der Waals surface area contributed by atoms with Crippen molar-refractivity contribution in [2.45, 2.75) is 18.8 Å². The molecular formula is C62H37N3O2S. The summed E-state index contributed by atoms with van der Waals surface area (Å²) in [6.45, 7) is 0. The van der Waals surface area contributed by atoms with Crippen molar-refractivity contribution in [2.24, 2.45) is 0 Å². The minimum Gasteiger partial charge on any atom is -0.456 e. The first kappa shape index (κ1) is 37.7. The van der Waals surface area contributed by atoms with Crippen molar-refractivity contribution in [3.8, 4) is 45.3 Å². The maximum atomic E-state index is 7.11. The third kappa shape index (κ3) is 5.58. The molecule has 14 aromatic rings. The highest BCUT2D eigenvalue weighted by Crippen LogP contribution is 2.50. The van der Waals surface area contributed by atoms with Crippen molar-refractivity contribution in [3.05, 3.63) is 211 Å². The zero-order valence-electron chi connectivity index (χ0n) is 36.5. The Labute approximate surface area is 393 Å².